The van der Waals surface area contributed by atoms with Crippen molar-refractivity contribution in [3.8, 4) is 0 Å². The van der Waals surface area contributed by atoms with Crippen molar-refractivity contribution in [2.45, 2.75) is 44.6 Å². The van der Waals surface area contributed by atoms with Gasteiger partial charge < -0.3 is 0 Å². The molecule has 4 aliphatic rings. The van der Waals surface area contributed by atoms with E-state index in [4.69, 9.17) is 0 Å². The van der Waals surface area contributed by atoms with Crippen LogP contribution in [-0.2, 0) is 0 Å². The lowest BCUT2D eigenvalue weighted by molar-refractivity contribution is -0.183. The molecule has 2 bridgehead atoms. The maximum absolute atomic E-state index is 2.55. The molecule has 0 nitrogen and oxygen atoms in total. The topological polar surface area (TPSA) is 0 Å². The second kappa shape index (κ2) is 3.35. The molecule has 0 amide bonds. The van der Waals surface area contributed by atoms with Crippen LogP contribution in [0.4, 0.5) is 0 Å². The van der Waals surface area contributed by atoms with E-state index >= 15 is 0 Å². The average Bonchev–Trinajstić information content (AvgIpc) is 2.70. The molecule has 4 fully saturated rings. The molecule has 15 heavy (non-hydrogen) atoms. The zero-order valence-corrected chi connectivity index (χ0v) is 11.7. The Balaban J connectivity index is 1.93. The fraction of sp³-hybridized carbons (Fsp3) is 1.00. The Bertz CT molecular complexity index is 268. The summed E-state index contributed by atoms with van der Waals surface area (Å²) in [6, 6.07) is 0. The second-order valence-corrected chi connectivity index (χ2v) is 8.94. The normalized spacial score (nSPS) is 49.0. The van der Waals surface area contributed by atoms with Gasteiger partial charge in [0.1, 0.15) is 0 Å². The van der Waals surface area contributed by atoms with Crippen molar-refractivity contribution in [2.75, 3.05) is 11.5 Å². The molecule has 3 unspecified atom stereocenters. The van der Waals surface area contributed by atoms with Gasteiger partial charge in [-0.3, -0.25) is 0 Å². The number of hydrogen-bond donors (Lipinski definition) is 0. The van der Waals surface area contributed by atoms with Gasteiger partial charge in [0.05, 0.1) is 4.58 Å². The highest BCUT2D eigenvalue weighted by atomic mass is 32.2. The first-order valence-corrected chi connectivity index (χ1v) is 8.42. The van der Waals surface area contributed by atoms with Crippen molar-refractivity contribution in [1.82, 2.24) is 0 Å². The SMILES string of the molecule is CC1CCC2CC1(C1SCCS1)C2(C)C. The predicted molar refractivity (Wildman–Crippen MR) is 71.4 cm³/mol. The minimum Gasteiger partial charge on any atom is -0.146 e. The van der Waals surface area contributed by atoms with E-state index in [0.29, 0.717) is 10.8 Å². The van der Waals surface area contributed by atoms with Crippen molar-refractivity contribution >= 4 is 23.5 Å². The van der Waals surface area contributed by atoms with Crippen molar-refractivity contribution < 1.29 is 0 Å². The lowest BCUT2D eigenvalue weighted by atomic mass is 9.37. The molecule has 2 heteroatoms. The van der Waals surface area contributed by atoms with Gasteiger partial charge in [-0.25, -0.2) is 0 Å². The van der Waals surface area contributed by atoms with Crippen LogP contribution in [-0.4, -0.2) is 16.1 Å². The summed E-state index contributed by atoms with van der Waals surface area (Å²) in [4.78, 5) is 0. The van der Waals surface area contributed by atoms with Crippen molar-refractivity contribution in [2.24, 2.45) is 22.7 Å². The standard InChI is InChI=1S/C13H22S2/c1-9-4-5-10-8-13(9,12(10,2)3)11-14-6-7-15-11/h9-11H,4-8H2,1-3H3. The van der Waals surface area contributed by atoms with E-state index < -0.39 is 0 Å². The van der Waals surface area contributed by atoms with E-state index in [1.807, 2.05) is 0 Å². The summed E-state index contributed by atoms with van der Waals surface area (Å²) >= 11 is 4.51. The molecular formula is C13H22S2. The highest BCUT2D eigenvalue weighted by molar-refractivity contribution is 8.20. The molecule has 0 N–H and O–H groups in total. The number of fused-ring (bicyclic) bond motifs is 2. The smallest absolute Gasteiger partial charge is 0.0567 e. The molecule has 1 saturated heterocycles. The quantitative estimate of drug-likeness (QED) is 0.674. The van der Waals surface area contributed by atoms with Gasteiger partial charge in [0.2, 0.25) is 0 Å². The van der Waals surface area contributed by atoms with E-state index in [2.05, 4.69) is 44.3 Å². The molecule has 3 atom stereocenters. The monoisotopic (exact) mass is 242 g/mol. The molecule has 0 aromatic rings. The van der Waals surface area contributed by atoms with Crippen LogP contribution in [0.3, 0.4) is 0 Å². The summed E-state index contributed by atoms with van der Waals surface area (Å²) in [7, 11) is 0. The first kappa shape index (κ1) is 10.8. The van der Waals surface area contributed by atoms with Gasteiger partial charge in [-0.15, -0.1) is 23.5 Å². The van der Waals surface area contributed by atoms with Crippen LogP contribution in [0.25, 0.3) is 0 Å². The predicted octanol–water partition coefficient (Wildman–Crippen LogP) is 4.25. The molecule has 4 rings (SSSR count). The molecular weight excluding hydrogens is 220 g/mol. The van der Waals surface area contributed by atoms with Gasteiger partial charge in [0.25, 0.3) is 0 Å². The Morgan fingerprint density at radius 1 is 1.07 bits per heavy atom. The van der Waals surface area contributed by atoms with Crippen LogP contribution in [0.15, 0.2) is 0 Å². The summed E-state index contributed by atoms with van der Waals surface area (Å²) in [6.45, 7) is 7.63. The Morgan fingerprint density at radius 3 is 2.27 bits per heavy atom. The van der Waals surface area contributed by atoms with Crippen LogP contribution in [0.5, 0.6) is 0 Å². The third-order valence-electron chi connectivity index (χ3n) is 5.67. The largest absolute Gasteiger partial charge is 0.146 e. The van der Waals surface area contributed by atoms with Gasteiger partial charge in [0.15, 0.2) is 0 Å². The van der Waals surface area contributed by atoms with Gasteiger partial charge in [-0.05, 0) is 41.9 Å². The Morgan fingerprint density at radius 2 is 1.73 bits per heavy atom. The average molecular weight is 242 g/mol. The van der Waals surface area contributed by atoms with Crippen LogP contribution >= 0.6 is 23.5 Å². The van der Waals surface area contributed by atoms with Crippen LogP contribution in [0.1, 0.15) is 40.0 Å². The first-order chi connectivity index (χ1) is 7.09. The highest BCUT2D eigenvalue weighted by Crippen LogP contribution is 2.74. The molecule has 0 radical (unpaired) electrons. The molecule has 1 aliphatic heterocycles. The van der Waals surface area contributed by atoms with Gasteiger partial charge in [0, 0.05) is 11.5 Å². The molecule has 0 spiro atoms. The Hall–Kier alpha value is 0.700. The summed E-state index contributed by atoms with van der Waals surface area (Å²) in [5, 5.41) is 0. The second-order valence-electron chi connectivity index (χ2n) is 6.22. The fourth-order valence-electron chi connectivity index (χ4n) is 4.47. The van der Waals surface area contributed by atoms with Crippen LogP contribution < -0.4 is 0 Å². The van der Waals surface area contributed by atoms with E-state index in [1.54, 1.807) is 0 Å². The molecule has 3 saturated carbocycles. The number of hydrogen-bond acceptors (Lipinski definition) is 2. The maximum Gasteiger partial charge on any atom is 0.0567 e. The summed E-state index contributed by atoms with van der Waals surface area (Å²) in [6.07, 6.45) is 4.52. The molecule has 0 aromatic carbocycles. The van der Waals surface area contributed by atoms with E-state index in [1.165, 1.54) is 30.8 Å². The fourth-order valence-corrected chi connectivity index (χ4v) is 8.49. The third kappa shape index (κ3) is 1.19. The zero-order chi connectivity index (χ0) is 10.7. The summed E-state index contributed by atoms with van der Waals surface area (Å²) < 4.78 is 0.916. The molecule has 1 heterocycles. The lowest BCUT2D eigenvalue weighted by Crippen LogP contribution is -2.65. The molecule has 86 valence electrons. The van der Waals surface area contributed by atoms with Crippen LogP contribution in [0.2, 0.25) is 0 Å². The van der Waals surface area contributed by atoms with Crippen molar-refractivity contribution in [3.05, 3.63) is 0 Å². The summed E-state index contributed by atoms with van der Waals surface area (Å²) in [5.74, 6) is 4.78. The third-order valence-corrected chi connectivity index (χ3v) is 9.08. The summed E-state index contributed by atoms with van der Waals surface area (Å²) in [5.41, 5.74) is 1.31. The Kier molecular flexibility index (Phi) is 2.42. The number of thioether (sulfide) groups is 2. The van der Waals surface area contributed by atoms with E-state index in [9.17, 15) is 0 Å². The van der Waals surface area contributed by atoms with Gasteiger partial charge >= 0.3 is 0 Å². The minimum absolute atomic E-state index is 0.625. The van der Waals surface area contributed by atoms with Crippen LogP contribution in [0, 0.1) is 22.7 Å². The van der Waals surface area contributed by atoms with Crippen molar-refractivity contribution in [3.63, 3.8) is 0 Å². The minimum atomic E-state index is 0.625. The first-order valence-electron chi connectivity index (χ1n) is 6.32. The van der Waals surface area contributed by atoms with E-state index in [-0.39, 0.29) is 0 Å². The number of rotatable bonds is 1. The van der Waals surface area contributed by atoms with E-state index in [0.717, 1.165) is 16.4 Å². The van der Waals surface area contributed by atoms with Crippen molar-refractivity contribution in [1.29, 1.82) is 0 Å². The Labute approximate surface area is 102 Å². The maximum atomic E-state index is 2.55. The molecule has 3 aliphatic carbocycles. The lowest BCUT2D eigenvalue weighted by Gasteiger charge is -2.70. The zero-order valence-electron chi connectivity index (χ0n) is 10.1. The van der Waals surface area contributed by atoms with Gasteiger partial charge in [-0.2, -0.15) is 0 Å². The highest BCUT2D eigenvalue weighted by Gasteiger charge is 2.67. The molecule has 0 aromatic heterocycles. The van der Waals surface area contributed by atoms with Gasteiger partial charge in [-0.1, -0.05) is 20.8 Å².